The first-order valence-corrected chi connectivity index (χ1v) is 7.65. The lowest BCUT2D eigenvalue weighted by Gasteiger charge is -2.25. The van der Waals surface area contributed by atoms with Gasteiger partial charge >= 0.3 is 0 Å². The van der Waals surface area contributed by atoms with Crippen LogP contribution >= 0.6 is 11.6 Å². The third kappa shape index (κ3) is 3.22. The molecule has 1 aromatic carbocycles. The molecule has 0 bridgehead atoms. The van der Waals surface area contributed by atoms with Gasteiger partial charge in [0.2, 0.25) is 0 Å². The normalized spacial score (nSPS) is 22.9. The van der Waals surface area contributed by atoms with E-state index in [9.17, 15) is 0 Å². The van der Waals surface area contributed by atoms with Crippen LogP contribution in [0.3, 0.4) is 0 Å². The maximum absolute atomic E-state index is 6.77. The topological polar surface area (TPSA) is 36.9 Å². The van der Waals surface area contributed by atoms with Crippen LogP contribution in [0.25, 0.3) is 0 Å². The zero-order valence-corrected chi connectivity index (χ0v) is 13.8. The molecule has 5 heteroatoms. The second kappa shape index (κ2) is 7.23. The first-order chi connectivity index (χ1) is 10.2. The number of methoxy groups -OCH3 is 3. The Labute approximate surface area is 131 Å². The van der Waals surface area contributed by atoms with Gasteiger partial charge in [-0.15, -0.1) is 11.6 Å². The predicted octanol–water partition coefficient (Wildman–Crippen LogP) is 3.81. The Hall–Kier alpha value is -1.13. The maximum atomic E-state index is 6.77. The molecule has 1 aromatic rings. The summed E-state index contributed by atoms with van der Waals surface area (Å²) in [5.41, 5.74) is 0.872. The monoisotopic (exact) mass is 314 g/mol. The van der Waals surface area contributed by atoms with Crippen LogP contribution in [-0.4, -0.2) is 34.0 Å². The van der Waals surface area contributed by atoms with E-state index in [1.54, 1.807) is 21.3 Å². The summed E-state index contributed by atoms with van der Waals surface area (Å²) in [7, 11) is 4.87. The molecule has 2 rings (SSSR count). The fraction of sp³-hybridized carbons (Fsp3) is 0.625. The molecule has 1 heterocycles. The van der Waals surface area contributed by atoms with E-state index < -0.39 is 0 Å². The third-order valence-corrected chi connectivity index (χ3v) is 4.61. The number of benzene rings is 1. The van der Waals surface area contributed by atoms with E-state index in [4.69, 9.17) is 30.5 Å². The van der Waals surface area contributed by atoms with E-state index >= 15 is 0 Å². The zero-order chi connectivity index (χ0) is 15.4. The van der Waals surface area contributed by atoms with Gasteiger partial charge in [0, 0.05) is 24.7 Å². The minimum absolute atomic E-state index is 0.184. The van der Waals surface area contributed by atoms with E-state index in [-0.39, 0.29) is 17.4 Å². The highest BCUT2D eigenvalue weighted by atomic mass is 35.5. The number of halogens is 1. The van der Waals surface area contributed by atoms with Gasteiger partial charge in [-0.3, -0.25) is 0 Å². The Balaban J connectivity index is 2.41. The van der Waals surface area contributed by atoms with Gasteiger partial charge in [0.1, 0.15) is 17.2 Å². The first kappa shape index (κ1) is 16.2. The van der Waals surface area contributed by atoms with Crippen LogP contribution in [0.15, 0.2) is 12.1 Å². The molecule has 1 fully saturated rings. The van der Waals surface area contributed by atoms with Crippen LogP contribution in [0.2, 0.25) is 0 Å². The second-order valence-corrected chi connectivity index (χ2v) is 5.59. The van der Waals surface area contributed by atoms with Crippen molar-refractivity contribution in [3.05, 3.63) is 17.7 Å². The molecule has 0 radical (unpaired) electrons. The quantitative estimate of drug-likeness (QED) is 0.748. The highest BCUT2D eigenvalue weighted by Crippen LogP contribution is 2.47. The SMILES string of the molecule is CCC1OCCC1C(Cl)c1c(OC)cc(OC)cc1OC. The van der Waals surface area contributed by atoms with E-state index in [0.29, 0.717) is 17.2 Å². The van der Waals surface area contributed by atoms with Crippen molar-refractivity contribution < 1.29 is 18.9 Å². The average molecular weight is 315 g/mol. The summed E-state index contributed by atoms with van der Waals surface area (Å²) in [6, 6.07) is 3.67. The molecular weight excluding hydrogens is 292 g/mol. The van der Waals surface area contributed by atoms with Crippen molar-refractivity contribution in [3.8, 4) is 17.2 Å². The lowest BCUT2D eigenvalue weighted by molar-refractivity contribution is 0.0861. The van der Waals surface area contributed by atoms with Crippen LogP contribution in [0.4, 0.5) is 0 Å². The molecule has 21 heavy (non-hydrogen) atoms. The van der Waals surface area contributed by atoms with Crippen molar-refractivity contribution in [1.29, 1.82) is 0 Å². The van der Waals surface area contributed by atoms with Crippen LogP contribution < -0.4 is 14.2 Å². The molecule has 0 amide bonds. The lowest BCUT2D eigenvalue weighted by Crippen LogP contribution is -2.20. The smallest absolute Gasteiger partial charge is 0.130 e. The molecule has 1 saturated heterocycles. The molecule has 3 unspecified atom stereocenters. The Kier molecular flexibility index (Phi) is 5.59. The zero-order valence-electron chi connectivity index (χ0n) is 13.0. The Morgan fingerprint density at radius 1 is 1.19 bits per heavy atom. The number of rotatable bonds is 6. The van der Waals surface area contributed by atoms with Gasteiger partial charge in [-0.2, -0.15) is 0 Å². The standard InChI is InChI=1S/C16H23ClO4/c1-5-12-11(6-7-21-12)16(17)15-13(19-3)8-10(18-2)9-14(15)20-4/h8-9,11-12,16H,5-7H2,1-4H3. The van der Waals surface area contributed by atoms with Crippen molar-refractivity contribution in [3.63, 3.8) is 0 Å². The first-order valence-electron chi connectivity index (χ1n) is 7.21. The van der Waals surface area contributed by atoms with Crippen molar-refractivity contribution in [1.82, 2.24) is 0 Å². The predicted molar refractivity (Wildman–Crippen MR) is 82.8 cm³/mol. The summed E-state index contributed by atoms with van der Waals surface area (Å²) in [6.45, 7) is 2.88. The fourth-order valence-corrected chi connectivity index (χ4v) is 3.44. The molecule has 3 atom stereocenters. The number of alkyl halides is 1. The summed E-state index contributed by atoms with van der Waals surface area (Å²) in [5, 5.41) is -0.215. The van der Waals surface area contributed by atoms with Crippen LogP contribution in [0.1, 0.15) is 30.7 Å². The second-order valence-electron chi connectivity index (χ2n) is 5.12. The van der Waals surface area contributed by atoms with Gasteiger partial charge in [0.15, 0.2) is 0 Å². The molecule has 4 nitrogen and oxygen atoms in total. The summed E-state index contributed by atoms with van der Waals surface area (Å²) in [4.78, 5) is 0. The van der Waals surface area contributed by atoms with Gasteiger partial charge in [-0.25, -0.2) is 0 Å². The van der Waals surface area contributed by atoms with Crippen LogP contribution in [-0.2, 0) is 4.74 Å². The van der Waals surface area contributed by atoms with Crippen LogP contribution in [0.5, 0.6) is 17.2 Å². The molecular formula is C16H23ClO4. The number of hydrogen-bond donors (Lipinski definition) is 0. The minimum Gasteiger partial charge on any atom is -0.496 e. The molecule has 0 spiro atoms. The van der Waals surface area contributed by atoms with Gasteiger partial charge in [0.25, 0.3) is 0 Å². The molecule has 0 saturated carbocycles. The van der Waals surface area contributed by atoms with Crippen molar-refractivity contribution in [2.75, 3.05) is 27.9 Å². The minimum atomic E-state index is -0.215. The van der Waals surface area contributed by atoms with Crippen molar-refractivity contribution in [2.45, 2.75) is 31.2 Å². The summed E-state index contributed by atoms with van der Waals surface area (Å²) in [6.07, 6.45) is 2.09. The largest absolute Gasteiger partial charge is 0.496 e. The van der Waals surface area contributed by atoms with Crippen molar-refractivity contribution >= 4 is 11.6 Å². The van der Waals surface area contributed by atoms with Crippen molar-refractivity contribution in [2.24, 2.45) is 5.92 Å². The van der Waals surface area contributed by atoms with Gasteiger partial charge in [-0.05, 0) is 12.8 Å². The molecule has 1 aliphatic heterocycles. The molecule has 1 aliphatic rings. The fourth-order valence-electron chi connectivity index (χ4n) is 2.94. The average Bonchev–Trinajstić information content (AvgIpc) is 3.01. The highest BCUT2D eigenvalue weighted by molar-refractivity contribution is 6.21. The highest BCUT2D eigenvalue weighted by Gasteiger charge is 2.36. The van der Waals surface area contributed by atoms with Gasteiger partial charge in [0.05, 0.1) is 38.4 Å². The lowest BCUT2D eigenvalue weighted by atomic mass is 9.90. The van der Waals surface area contributed by atoms with Gasteiger partial charge < -0.3 is 18.9 Å². The van der Waals surface area contributed by atoms with Gasteiger partial charge in [-0.1, -0.05) is 6.92 Å². The molecule has 0 aromatic heterocycles. The van der Waals surface area contributed by atoms with E-state index in [1.165, 1.54) is 0 Å². The third-order valence-electron chi connectivity index (χ3n) is 4.07. The Morgan fingerprint density at radius 3 is 2.29 bits per heavy atom. The number of ether oxygens (including phenoxy) is 4. The molecule has 0 N–H and O–H groups in total. The Morgan fingerprint density at radius 2 is 1.81 bits per heavy atom. The molecule has 0 aliphatic carbocycles. The summed E-state index contributed by atoms with van der Waals surface area (Å²) >= 11 is 6.77. The van der Waals surface area contributed by atoms with E-state index in [0.717, 1.165) is 25.0 Å². The molecule has 118 valence electrons. The Bertz CT molecular complexity index is 452. The van der Waals surface area contributed by atoms with Crippen LogP contribution in [0, 0.1) is 5.92 Å². The van der Waals surface area contributed by atoms with E-state index in [1.807, 2.05) is 12.1 Å². The number of hydrogen-bond acceptors (Lipinski definition) is 4. The van der Waals surface area contributed by atoms with E-state index in [2.05, 4.69) is 6.92 Å². The summed E-state index contributed by atoms with van der Waals surface area (Å²) in [5.74, 6) is 2.32. The summed E-state index contributed by atoms with van der Waals surface area (Å²) < 4.78 is 22.0. The maximum Gasteiger partial charge on any atom is 0.130 e.